The standard InChI is InChI=1S/C24H17N5O4/c30-24(32-16-20-14-21(26-33-20)17-8-3-1-4-9-17)22(15-19-12-7-13-31-19)29-23(25-27-28-29)18-10-5-2-6-11-18/h1-15H,16H2/b22-15-. The molecule has 9 heteroatoms. The lowest BCUT2D eigenvalue weighted by Crippen LogP contribution is -2.14. The summed E-state index contributed by atoms with van der Waals surface area (Å²) in [4.78, 5) is 13.1. The van der Waals surface area contributed by atoms with Gasteiger partial charge in [-0.2, -0.15) is 4.68 Å². The molecule has 0 amide bonds. The zero-order chi connectivity index (χ0) is 22.5. The Kier molecular flexibility index (Phi) is 5.58. The summed E-state index contributed by atoms with van der Waals surface area (Å²) in [5.74, 6) is 0.576. The molecule has 0 aliphatic carbocycles. The van der Waals surface area contributed by atoms with Gasteiger partial charge in [-0.3, -0.25) is 0 Å². The van der Waals surface area contributed by atoms with E-state index in [-0.39, 0.29) is 12.3 Å². The Morgan fingerprint density at radius 1 is 0.970 bits per heavy atom. The third kappa shape index (κ3) is 4.47. The second-order valence-electron chi connectivity index (χ2n) is 6.95. The van der Waals surface area contributed by atoms with Crippen molar-refractivity contribution >= 4 is 17.7 Å². The van der Waals surface area contributed by atoms with E-state index in [4.69, 9.17) is 13.7 Å². The number of carbonyl (C=O) groups is 1. The topological polar surface area (TPSA) is 109 Å². The van der Waals surface area contributed by atoms with E-state index in [0.29, 0.717) is 23.0 Å². The number of hydrogen-bond acceptors (Lipinski definition) is 8. The number of tetrazole rings is 1. The van der Waals surface area contributed by atoms with E-state index in [0.717, 1.165) is 11.1 Å². The number of aromatic nitrogens is 5. The van der Waals surface area contributed by atoms with Gasteiger partial charge in [0.2, 0.25) is 0 Å². The molecule has 33 heavy (non-hydrogen) atoms. The van der Waals surface area contributed by atoms with Gasteiger partial charge in [-0.15, -0.1) is 5.10 Å². The summed E-state index contributed by atoms with van der Waals surface area (Å²) < 4.78 is 17.5. The van der Waals surface area contributed by atoms with Gasteiger partial charge in [-0.25, -0.2) is 4.79 Å². The van der Waals surface area contributed by atoms with Gasteiger partial charge in [0.25, 0.3) is 0 Å². The SMILES string of the molecule is O=C(OCc1cc(-c2ccccc2)no1)/C(=C/c1ccco1)n1nnnc1-c1ccccc1. The minimum atomic E-state index is -0.659. The Morgan fingerprint density at radius 3 is 2.45 bits per heavy atom. The summed E-state index contributed by atoms with van der Waals surface area (Å²) in [6.07, 6.45) is 3.02. The van der Waals surface area contributed by atoms with Crippen LogP contribution < -0.4 is 0 Å². The first-order valence-electron chi connectivity index (χ1n) is 10.1. The molecular weight excluding hydrogens is 422 g/mol. The zero-order valence-corrected chi connectivity index (χ0v) is 17.2. The molecule has 0 aliphatic rings. The predicted octanol–water partition coefficient (Wildman–Crippen LogP) is 4.33. The van der Waals surface area contributed by atoms with Gasteiger partial charge >= 0.3 is 5.97 Å². The fraction of sp³-hybridized carbons (Fsp3) is 0.0417. The number of nitrogens with zero attached hydrogens (tertiary/aromatic N) is 5. The molecule has 5 rings (SSSR count). The van der Waals surface area contributed by atoms with Crippen LogP contribution in [-0.2, 0) is 16.1 Å². The van der Waals surface area contributed by atoms with Crippen LogP contribution in [0, 0.1) is 0 Å². The molecule has 3 aromatic heterocycles. The van der Waals surface area contributed by atoms with Crippen molar-refractivity contribution in [2.24, 2.45) is 0 Å². The minimum Gasteiger partial charge on any atom is -0.465 e. The Labute approximate surface area is 187 Å². The van der Waals surface area contributed by atoms with Crippen LogP contribution in [0.15, 0.2) is 94.1 Å². The van der Waals surface area contributed by atoms with E-state index in [1.807, 2.05) is 60.7 Å². The number of hydrogen-bond donors (Lipinski definition) is 0. The molecule has 9 nitrogen and oxygen atoms in total. The highest BCUT2D eigenvalue weighted by Gasteiger charge is 2.22. The van der Waals surface area contributed by atoms with Gasteiger partial charge < -0.3 is 13.7 Å². The largest absolute Gasteiger partial charge is 0.465 e. The van der Waals surface area contributed by atoms with Crippen LogP contribution >= 0.6 is 0 Å². The van der Waals surface area contributed by atoms with E-state index in [2.05, 4.69) is 20.7 Å². The highest BCUT2D eigenvalue weighted by Crippen LogP contribution is 2.23. The van der Waals surface area contributed by atoms with Crippen molar-refractivity contribution in [2.45, 2.75) is 6.61 Å². The fourth-order valence-corrected chi connectivity index (χ4v) is 3.17. The van der Waals surface area contributed by atoms with Gasteiger partial charge in [0.1, 0.15) is 11.5 Å². The number of ether oxygens (including phenoxy) is 1. The lowest BCUT2D eigenvalue weighted by atomic mass is 10.1. The number of furan rings is 1. The van der Waals surface area contributed by atoms with Crippen LogP contribution in [-0.4, -0.2) is 31.3 Å². The molecule has 5 aromatic rings. The second kappa shape index (κ2) is 9.15. The quantitative estimate of drug-likeness (QED) is 0.272. The first-order valence-corrected chi connectivity index (χ1v) is 10.1. The van der Waals surface area contributed by atoms with Crippen molar-refractivity contribution in [3.8, 4) is 22.6 Å². The summed E-state index contributed by atoms with van der Waals surface area (Å²) in [7, 11) is 0. The van der Waals surface area contributed by atoms with Crippen molar-refractivity contribution < 1.29 is 18.5 Å². The highest BCUT2D eigenvalue weighted by atomic mass is 16.6. The molecule has 0 radical (unpaired) electrons. The number of carbonyl (C=O) groups excluding carboxylic acids is 1. The molecule has 0 fully saturated rings. The molecule has 0 aliphatic heterocycles. The van der Waals surface area contributed by atoms with Crippen molar-refractivity contribution in [3.63, 3.8) is 0 Å². The third-order valence-corrected chi connectivity index (χ3v) is 4.74. The van der Waals surface area contributed by atoms with Crippen LogP contribution in [0.2, 0.25) is 0 Å². The van der Waals surface area contributed by atoms with E-state index in [1.165, 1.54) is 17.0 Å². The highest BCUT2D eigenvalue weighted by molar-refractivity contribution is 6.15. The van der Waals surface area contributed by atoms with Crippen LogP contribution in [0.3, 0.4) is 0 Å². The van der Waals surface area contributed by atoms with E-state index in [9.17, 15) is 4.79 Å². The molecule has 2 aromatic carbocycles. The van der Waals surface area contributed by atoms with E-state index in [1.54, 1.807) is 18.2 Å². The minimum absolute atomic E-state index is 0.0802. The molecule has 0 atom stereocenters. The molecular formula is C24H17N5O4. The normalized spacial score (nSPS) is 11.5. The smallest absolute Gasteiger partial charge is 0.357 e. The lowest BCUT2D eigenvalue weighted by Gasteiger charge is -2.09. The Hall–Kier alpha value is -4.79. The van der Waals surface area contributed by atoms with Gasteiger partial charge in [0, 0.05) is 23.3 Å². The maximum Gasteiger partial charge on any atom is 0.357 e. The second-order valence-corrected chi connectivity index (χ2v) is 6.95. The molecule has 0 saturated carbocycles. The van der Waals surface area contributed by atoms with Crippen molar-refractivity contribution in [3.05, 3.63) is 96.6 Å². The van der Waals surface area contributed by atoms with Crippen LogP contribution in [0.4, 0.5) is 0 Å². The summed E-state index contributed by atoms with van der Waals surface area (Å²) in [6, 6.07) is 24.0. The van der Waals surface area contributed by atoms with Gasteiger partial charge in [-0.1, -0.05) is 65.8 Å². The maximum absolute atomic E-state index is 13.1. The van der Waals surface area contributed by atoms with Gasteiger partial charge in [-0.05, 0) is 22.6 Å². The van der Waals surface area contributed by atoms with Gasteiger partial charge in [0.05, 0.1) is 6.26 Å². The predicted molar refractivity (Wildman–Crippen MR) is 118 cm³/mol. The molecule has 0 unspecified atom stereocenters. The zero-order valence-electron chi connectivity index (χ0n) is 17.2. The number of rotatable bonds is 7. The average Bonchev–Trinajstić information content (AvgIpc) is 3.64. The first kappa shape index (κ1) is 20.1. The van der Waals surface area contributed by atoms with Crippen LogP contribution in [0.1, 0.15) is 11.5 Å². The Balaban J connectivity index is 1.40. The van der Waals surface area contributed by atoms with E-state index < -0.39 is 5.97 Å². The molecule has 0 spiro atoms. The summed E-state index contributed by atoms with van der Waals surface area (Å²) in [6.45, 7) is -0.114. The van der Waals surface area contributed by atoms with Crippen molar-refractivity contribution in [2.75, 3.05) is 0 Å². The third-order valence-electron chi connectivity index (χ3n) is 4.74. The van der Waals surface area contributed by atoms with Crippen LogP contribution in [0.25, 0.3) is 34.4 Å². The molecule has 0 N–H and O–H groups in total. The molecule has 3 heterocycles. The van der Waals surface area contributed by atoms with E-state index >= 15 is 0 Å². The monoisotopic (exact) mass is 439 g/mol. The Bertz CT molecular complexity index is 1370. The molecule has 0 bridgehead atoms. The average molecular weight is 439 g/mol. The molecule has 0 saturated heterocycles. The summed E-state index contributed by atoms with van der Waals surface area (Å²) in [5, 5.41) is 15.9. The summed E-state index contributed by atoms with van der Waals surface area (Å²) >= 11 is 0. The number of esters is 1. The van der Waals surface area contributed by atoms with Gasteiger partial charge in [0.15, 0.2) is 23.9 Å². The Morgan fingerprint density at radius 2 is 1.73 bits per heavy atom. The summed E-state index contributed by atoms with van der Waals surface area (Å²) in [5.41, 5.74) is 2.37. The maximum atomic E-state index is 13.1. The number of benzene rings is 2. The first-order chi connectivity index (χ1) is 16.3. The lowest BCUT2D eigenvalue weighted by molar-refractivity contribution is -0.138. The molecule has 162 valence electrons. The van der Waals surface area contributed by atoms with Crippen LogP contribution in [0.5, 0.6) is 0 Å². The fourth-order valence-electron chi connectivity index (χ4n) is 3.17. The van der Waals surface area contributed by atoms with Crippen molar-refractivity contribution in [1.29, 1.82) is 0 Å². The van der Waals surface area contributed by atoms with Crippen molar-refractivity contribution in [1.82, 2.24) is 25.4 Å².